The molecule has 0 aromatic rings. The summed E-state index contributed by atoms with van der Waals surface area (Å²) in [5.74, 6) is 1.78. The fourth-order valence-electron chi connectivity index (χ4n) is 1.27. The van der Waals surface area contributed by atoms with Crippen molar-refractivity contribution < 1.29 is 4.39 Å². The van der Waals surface area contributed by atoms with E-state index in [1.807, 2.05) is 0 Å². The monoisotopic (exact) mass is 163 g/mol. The summed E-state index contributed by atoms with van der Waals surface area (Å²) in [6.07, 6.45) is 2.28. The molecule has 0 saturated carbocycles. The zero-order valence-electron chi connectivity index (χ0n) is 6.11. The van der Waals surface area contributed by atoms with Crippen LogP contribution in [0.15, 0.2) is 0 Å². The quantitative estimate of drug-likeness (QED) is 0.668. The van der Waals surface area contributed by atoms with Crippen LogP contribution >= 0.6 is 11.8 Å². The van der Waals surface area contributed by atoms with Crippen LogP contribution in [0.4, 0.5) is 4.39 Å². The SMILES string of the molecule is NCCC1(F)CCCSC1. The molecular formula is C7H14FNS. The summed E-state index contributed by atoms with van der Waals surface area (Å²) in [5, 5.41) is 0. The molecule has 0 radical (unpaired) electrons. The molecule has 1 aliphatic rings. The summed E-state index contributed by atoms with van der Waals surface area (Å²) in [7, 11) is 0. The predicted molar refractivity (Wildman–Crippen MR) is 44.1 cm³/mol. The van der Waals surface area contributed by atoms with E-state index in [1.165, 1.54) is 0 Å². The second-order valence-electron chi connectivity index (χ2n) is 2.85. The first-order chi connectivity index (χ1) is 4.77. The largest absolute Gasteiger partial charge is 0.330 e. The highest BCUT2D eigenvalue weighted by Crippen LogP contribution is 2.32. The molecular weight excluding hydrogens is 149 g/mol. The van der Waals surface area contributed by atoms with Crippen LogP contribution in [0, 0.1) is 0 Å². The highest BCUT2D eigenvalue weighted by Gasteiger charge is 2.30. The number of hydrogen-bond acceptors (Lipinski definition) is 2. The molecule has 10 heavy (non-hydrogen) atoms. The summed E-state index contributed by atoms with van der Waals surface area (Å²) in [5.41, 5.74) is 4.36. The lowest BCUT2D eigenvalue weighted by atomic mass is 9.98. The van der Waals surface area contributed by atoms with E-state index >= 15 is 0 Å². The minimum Gasteiger partial charge on any atom is -0.330 e. The van der Waals surface area contributed by atoms with Crippen molar-refractivity contribution >= 4 is 11.8 Å². The fraction of sp³-hybridized carbons (Fsp3) is 1.00. The van der Waals surface area contributed by atoms with E-state index in [4.69, 9.17) is 5.73 Å². The lowest BCUT2D eigenvalue weighted by Crippen LogP contribution is -2.32. The van der Waals surface area contributed by atoms with Gasteiger partial charge in [-0.1, -0.05) is 0 Å². The van der Waals surface area contributed by atoms with Crippen LogP contribution in [0.2, 0.25) is 0 Å². The van der Waals surface area contributed by atoms with Gasteiger partial charge in [-0.05, 0) is 31.6 Å². The van der Waals surface area contributed by atoms with E-state index in [2.05, 4.69) is 0 Å². The summed E-state index contributed by atoms with van der Waals surface area (Å²) in [6.45, 7) is 0.483. The Labute approximate surface area is 65.6 Å². The highest BCUT2D eigenvalue weighted by molar-refractivity contribution is 7.99. The summed E-state index contributed by atoms with van der Waals surface area (Å²) in [6, 6.07) is 0. The third kappa shape index (κ3) is 2.13. The average Bonchev–Trinajstić information content (AvgIpc) is 1.89. The van der Waals surface area contributed by atoms with E-state index in [0.717, 1.165) is 18.6 Å². The van der Waals surface area contributed by atoms with Gasteiger partial charge in [-0.25, -0.2) is 4.39 Å². The maximum atomic E-state index is 13.5. The number of nitrogens with two attached hydrogens (primary N) is 1. The number of thioether (sulfide) groups is 1. The van der Waals surface area contributed by atoms with E-state index in [9.17, 15) is 4.39 Å². The van der Waals surface area contributed by atoms with Crippen molar-refractivity contribution in [2.45, 2.75) is 24.9 Å². The van der Waals surface area contributed by atoms with Crippen LogP contribution in [-0.2, 0) is 0 Å². The molecule has 0 aliphatic carbocycles. The van der Waals surface area contributed by atoms with Crippen molar-refractivity contribution in [1.29, 1.82) is 0 Å². The first-order valence-corrected chi connectivity index (χ1v) is 4.89. The molecule has 1 saturated heterocycles. The zero-order chi connectivity index (χ0) is 7.45. The number of alkyl halides is 1. The Morgan fingerprint density at radius 3 is 2.90 bits per heavy atom. The lowest BCUT2D eigenvalue weighted by Gasteiger charge is -2.28. The predicted octanol–water partition coefficient (Wildman–Crippen LogP) is 1.57. The van der Waals surface area contributed by atoms with Crippen molar-refractivity contribution in [3.05, 3.63) is 0 Å². The van der Waals surface area contributed by atoms with Crippen molar-refractivity contribution in [3.8, 4) is 0 Å². The van der Waals surface area contributed by atoms with Gasteiger partial charge in [0.1, 0.15) is 5.67 Å². The van der Waals surface area contributed by atoms with Crippen molar-refractivity contribution in [1.82, 2.24) is 0 Å². The van der Waals surface area contributed by atoms with Gasteiger partial charge in [0, 0.05) is 5.75 Å². The topological polar surface area (TPSA) is 26.0 Å². The molecule has 0 aromatic carbocycles. The maximum absolute atomic E-state index is 13.5. The number of hydrogen-bond donors (Lipinski definition) is 1. The minimum absolute atomic E-state index is 0.483. The highest BCUT2D eigenvalue weighted by atomic mass is 32.2. The molecule has 60 valence electrons. The Hall–Kier alpha value is 0.240. The average molecular weight is 163 g/mol. The second-order valence-corrected chi connectivity index (χ2v) is 3.95. The van der Waals surface area contributed by atoms with Gasteiger partial charge in [0.15, 0.2) is 0 Å². The molecule has 1 unspecified atom stereocenters. The van der Waals surface area contributed by atoms with Gasteiger partial charge in [0.25, 0.3) is 0 Å². The molecule has 1 fully saturated rings. The normalized spacial score (nSPS) is 34.2. The van der Waals surface area contributed by atoms with E-state index in [-0.39, 0.29) is 0 Å². The first kappa shape index (κ1) is 8.34. The third-order valence-electron chi connectivity index (χ3n) is 1.87. The second kappa shape index (κ2) is 3.58. The lowest BCUT2D eigenvalue weighted by molar-refractivity contribution is 0.166. The van der Waals surface area contributed by atoms with E-state index < -0.39 is 5.67 Å². The first-order valence-electron chi connectivity index (χ1n) is 3.74. The molecule has 0 amide bonds. The summed E-state index contributed by atoms with van der Waals surface area (Å²) >= 11 is 1.71. The molecule has 2 N–H and O–H groups in total. The van der Waals surface area contributed by atoms with Crippen molar-refractivity contribution in [2.24, 2.45) is 5.73 Å². The third-order valence-corrected chi connectivity index (χ3v) is 3.17. The van der Waals surface area contributed by atoms with E-state index in [1.54, 1.807) is 11.8 Å². The maximum Gasteiger partial charge on any atom is 0.121 e. The molecule has 1 rings (SSSR count). The van der Waals surface area contributed by atoms with Crippen LogP contribution in [0.25, 0.3) is 0 Å². The number of rotatable bonds is 2. The van der Waals surface area contributed by atoms with Gasteiger partial charge in [0.05, 0.1) is 0 Å². The Bertz CT molecular complexity index is 96.3. The van der Waals surface area contributed by atoms with Gasteiger partial charge >= 0.3 is 0 Å². The summed E-state index contributed by atoms with van der Waals surface area (Å²) < 4.78 is 13.5. The van der Waals surface area contributed by atoms with Gasteiger partial charge in [-0.15, -0.1) is 0 Å². The molecule has 1 nitrogen and oxygen atoms in total. The Kier molecular flexibility index (Phi) is 2.98. The standard InChI is InChI=1S/C7H14FNS/c8-7(3-4-9)2-1-5-10-6-7/h1-6,9H2. The molecule has 0 aromatic heterocycles. The van der Waals surface area contributed by atoms with Crippen LogP contribution in [0.3, 0.4) is 0 Å². The van der Waals surface area contributed by atoms with Gasteiger partial charge in [0.2, 0.25) is 0 Å². The molecule has 1 aliphatic heterocycles. The van der Waals surface area contributed by atoms with Gasteiger partial charge in [-0.2, -0.15) is 11.8 Å². The Morgan fingerprint density at radius 1 is 1.60 bits per heavy atom. The van der Waals surface area contributed by atoms with Gasteiger partial charge in [-0.3, -0.25) is 0 Å². The molecule has 1 heterocycles. The molecule has 3 heteroatoms. The van der Waals surface area contributed by atoms with Gasteiger partial charge < -0.3 is 5.73 Å². The van der Waals surface area contributed by atoms with Crippen LogP contribution in [0.5, 0.6) is 0 Å². The van der Waals surface area contributed by atoms with Crippen LogP contribution in [-0.4, -0.2) is 23.7 Å². The van der Waals surface area contributed by atoms with Crippen molar-refractivity contribution in [3.63, 3.8) is 0 Å². The van der Waals surface area contributed by atoms with Crippen LogP contribution in [0.1, 0.15) is 19.3 Å². The number of halogens is 1. The minimum atomic E-state index is -0.933. The zero-order valence-corrected chi connectivity index (χ0v) is 6.92. The Morgan fingerprint density at radius 2 is 2.40 bits per heavy atom. The van der Waals surface area contributed by atoms with Crippen molar-refractivity contribution in [2.75, 3.05) is 18.1 Å². The fourth-order valence-corrected chi connectivity index (χ4v) is 2.42. The Balaban J connectivity index is 2.32. The smallest absolute Gasteiger partial charge is 0.121 e. The molecule has 0 spiro atoms. The summed E-state index contributed by atoms with van der Waals surface area (Å²) in [4.78, 5) is 0. The van der Waals surface area contributed by atoms with Crippen LogP contribution < -0.4 is 5.73 Å². The van der Waals surface area contributed by atoms with E-state index in [0.29, 0.717) is 18.7 Å². The molecule has 0 bridgehead atoms. The molecule has 1 atom stereocenters.